The normalized spacial score (nSPS) is 9.78. The topological polar surface area (TPSA) is 81.1 Å². The summed E-state index contributed by atoms with van der Waals surface area (Å²) in [6.07, 6.45) is 1.60. The van der Waals surface area contributed by atoms with Crippen molar-refractivity contribution < 1.29 is 9.66 Å². The average Bonchev–Trinajstić information content (AvgIpc) is 2.85. The average molecular weight is 243 g/mol. The molecule has 0 saturated heterocycles. The molecule has 2 aromatic rings. The highest BCUT2D eigenvalue weighted by Gasteiger charge is 2.22. The van der Waals surface area contributed by atoms with Gasteiger partial charge in [0, 0.05) is 6.20 Å². The molecule has 0 bridgehead atoms. The van der Waals surface area contributed by atoms with E-state index in [1.165, 1.54) is 17.7 Å². The van der Waals surface area contributed by atoms with Gasteiger partial charge in [-0.05, 0) is 24.3 Å². The number of hydrogen-bond donors (Lipinski definition) is 0. The molecule has 2 rings (SSSR count). The maximum absolute atomic E-state index is 11.1. The second-order valence-electron chi connectivity index (χ2n) is 3.46. The minimum Gasteiger partial charge on any atom is -0.490 e. The number of methoxy groups -OCH3 is 1. The number of para-hydroxylation sites is 1. The lowest BCUT2D eigenvalue weighted by atomic mass is 10.2. The van der Waals surface area contributed by atoms with E-state index in [1.54, 1.807) is 30.5 Å². The van der Waals surface area contributed by atoms with E-state index < -0.39 is 4.92 Å². The Labute approximate surface area is 103 Å². The molecule has 0 radical (unpaired) electrons. The van der Waals surface area contributed by atoms with E-state index in [4.69, 9.17) is 10.00 Å². The number of nitro benzene ring substituents is 1. The molecular weight excluding hydrogens is 234 g/mol. The molecule has 1 aromatic carbocycles. The summed E-state index contributed by atoms with van der Waals surface area (Å²) in [5, 5.41) is 20.1. The van der Waals surface area contributed by atoms with Crippen molar-refractivity contribution in [2.24, 2.45) is 0 Å². The fourth-order valence-electron chi connectivity index (χ4n) is 1.74. The first-order chi connectivity index (χ1) is 8.69. The van der Waals surface area contributed by atoms with Crippen LogP contribution in [-0.4, -0.2) is 16.6 Å². The molecule has 0 saturated carbocycles. The van der Waals surface area contributed by atoms with Gasteiger partial charge in [0.1, 0.15) is 17.5 Å². The number of nitrogens with zero attached hydrogens (tertiary/aromatic N) is 3. The monoisotopic (exact) mass is 243 g/mol. The van der Waals surface area contributed by atoms with E-state index >= 15 is 0 Å². The molecule has 0 atom stereocenters. The molecule has 6 heteroatoms. The summed E-state index contributed by atoms with van der Waals surface area (Å²) in [6, 6.07) is 9.94. The lowest BCUT2D eigenvalue weighted by Crippen LogP contribution is -2.02. The van der Waals surface area contributed by atoms with Gasteiger partial charge in [-0.3, -0.25) is 10.1 Å². The molecule has 0 N–H and O–H groups in total. The van der Waals surface area contributed by atoms with Crippen LogP contribution in [0.5, 0.6) is 5.75 Å². The number of hydrogen-bond acceptors (Lipinski definition) is 4. The Bertz CT molecular complexity index is 640. The largest absolute Gasteiger partial charge is 0.490 e. The van der Waals surface area contributed by atoms with Crippen LogP contribution in [0.3, 0.4) is 0 Å². The molecule has 0 aliphatic rings. The SMILES string of the molecule is COc1cccc(-n2cccc2C#N)c1[N+](=O)[O-]. The number of benzene rings is 1. The third-order valence-corrected chi connectivity index (χ3v) is 2.50. The van der Waals surface area contributed by atoms with Crippen molar-refractivity contribution in [2.75, 3.05) is 7.11 Å². The molecule has 18 heavy (non-hydrogen) atoms. The van der Waals surface area contributed by atoms with Gasteiger partial charge in [-0.25, -0.2) is 0 Å². The van der Waals surface area contributed by atoms with Gasteiger partial charge in [0.25, 0.3) is 0 Å². The third kappa shape index (κ3) is 1.78. The van der Waals surface area contributed by atoms with Gasteiger partial charge >= 0.3 is 5.69 Å². The second-order valence-corrected chi connectivity index (χ2v) is 3.46. The Balaban J connectivity index is 2.72. The van der Waals surface area contributed by atoms with Crippen molar-refractivity contribution in [1.29, 1.82) is 5.26 Å². The zero-order chi connectivity index (χ0) is 13.1. The van der Waals surface area contributed by atoms with Crippen molar-refractivity contribution in [3.8, 4) is 17.5 Å². The minimum absolute atomic E-state index is 0.160. The van der Waals surface area contributed by atoms with Crippen LogP contribution in [0.4, 0.5) is 5.69 Å². The van der Waals surface area contributed by atoms with Crippen LogP contribution in [0.2, 0.25) is 0 Å². The van der Waals surface area contributed by atoms with Gasteiger partial charge in [0.2, 0.25) is 0 Å². The lowest BCUT2D eigenvalue weighted by Gasteiger charge is -2.08. The Morgan fingerprint density at radius 3 is 2.78 bits per heavy atom. The molecule has 0 spiro atoms. The fourth-order valence-corrected chi connectivity index (χ4v) is 1.74. The van der Waals surface area contributed by atoms with Crippen LogP contribution < -0.4 is 4.74 Å². The number of nitro groups is 1. The molecule has 0 aliphatic heterocycles. The van der Waals surface area contributed by atoms with E-state index in [9.17, 15) is 10.1 Å². The summed E-state index contributed by atoms with van der Waals surface area (Å²) in [5.41, 5.74) is 0.472. The van der Waals surface area contributed by atoms with Crippen molar-refractivity contribution in [2.45, 2.75) is 0 Å². The molecule has 6 nitrogen and oxygen atoms in total. The first kappa shape index (κ1) is 11.7. The summed E-state index contributed by atoms with van der Waals surface area (Å²) in [7, 11) is 1.37. The van der Waals surface area contributed by atoms with Crippen LogP contribution >= 0.6 is 0 Å². The quantitative estimate of drug-likeness (QED) is 0.611. The van der Waals surface area contributed by atoms with Crippen LogP contribution in [0.25, 0.3) is 5.69 Å². The van der Waals surface area contributed by atoms with Gasteiger partial charge in [0.15, 0.2) is 5.75 Å². The third-order valence-electron chi connectivity index (χ3n) is 2.50. The highest BCUT2D eigenvalue weighted by molar-refractivity contribution is 5.62. The molecule has 0 amide bonds. The van der Waals surface area contributed by atoms with Crippen LogP contribution in [0.15, 0.2) is 36.5 Å². The van der Waals surface area contributed by atoms with Crippen molar-refractivity contribution in [1.82, 2.24) is 4.57 Å². The zero-order valence-electron chi connectivity index (χ0n) is 9.53. The van der Waals surface area contributed by atoms with E-state index in [2.05, 4.69) is 0 Å². The summed E-state index contributed by atoms with van der Waals surface area (Å²) >= 11 is 0. The predicted octanol–water partition coefficient (Wildman–Crippen LogP) is 2.27. The molecular formula is C12H9N3O3. The molecule has 1 aromatic heterocycles. The first-order valence-electron chi connectivity index (χ1n) is 5.08. The highest BCUT2D eigenvalue weighted by Crippen LogP contribution is 2.33. The molecule has 1 heterocycles. The van der Waals surface area contributed by atoms with E-state index in [0.29, 0.717) is 11.4 Å². The van der Waals surface area contributed by atoms with E-state index in [1.807, 2.05) is 6.07 Å². The molecule has 0 aliphatic carbocycles. The Hall–Kier alpha value is -2.81. The predicted molar refractivity (Wildman–Crippen MR) is 63.7 cm³/mol. The fraction of sp³-hybridized carbons (Fsp3) is 0.0833. The number of rotatable bonds is 3. The van der Waals surface area contributed by atoms with Crippen molar-refractivity contribution >= 4 is 5.69 Å². The number of aromatic nitrogens is 1. The van der Waals surface area contributed by atoms with Crippen LogP contribution in [0.1, 0.15) is 5.69 Å². The van der Waals surface area contributed by atoms with Crippen molar-refractivity contribution in [3.63, 3.8) is 0 Å². The Kier molecular flexibility index (Phi) is 2.98. The molecule has 0 fully saturated rings. The first-order valence-corrected chi connectivity index (χ1v) is 5.08. The summed E-state index contributed by atoms with van der Waals surface area (Å²) in [4.78, 5) is 10.6. The van der Waals surface area contributed by atoms with Gasteiger partial charge in [-0.1, -0.05) is 6.07 Å². The van der Waals surface area contributed by atoms with E-state index in [0.717, 1.165) is 0 Å². The van der Waals surface area contributed by atoms with Crippen molar-refractivity contribution in [3.05, 3.63) is 52.3 Å². The number of nitriles is 1. The maximum Gasteiger partial charge on any atom is 0.334 e. The van der Waals surface area contributed by atoms with Crippen LogP contribution in [0, 0.1) is 21.4 Å². The molecule has 90 valence electrons. The standard InChI is InChI=1S/C12H9N3O3/c1-18-11-6-2-5-10(12(11)15(16)17)14-7-3-4-9(14)8-13/h2-7H,1H3. The summed E-state index contributed by atoms with van der Waals surface area (Å²) in [5.74, 6) is 0.162. The van der Waals surface area contributed by atoms with Gasteiger partial charge in [0.05, 0.1) is 12.0 Å². The summed E-state index contributed by atoms with van der Waals surface area (Å²) in [6.45, 7) is 0. The lowest BCUT2D eigenvalue weighted by molar-refractivity contribution is -0.385. The smallest absolute Gasteiger partial charge is 0.334 e. The highest BCUT2D eigenvalue weighted by atomic mass is 16.6. The van der Waals surface area contributed by atoms with Crippen LogP contribution in [-0.2, 0) is 0 Å². The number of ether oxygens (including phenoxy) is 1. The van der Waals surface area contributed by atoms with Gasteiger partial charge in [-0.2, -0.15) is 5.26 Å². The maximum atomic E-state index is 11.1. The van der Waals surface area contributed by atoms with Gasteiger partial charge in [-0.15, -0.1) is 0 Å². The Morgan fingerprint density at radius 1 is 1.39 bits per heavy atom. The minimum atomic E-state index is -0.519. The second kappa shape index (κ2) is 4.59. The Morgan fingerprint density at radius 2 is 2.17 bits per heavy atom. The van der Waals surface area contributed by atoms with E-state index in [-0.39, 0.29) is 11.4 Å². The van der Waals surface area contributed by atoms with Gasteiger partial charge < -0.3 is 9.30 Å². The molecule has 0 unspecified atom stereocenters. The summed E-state index contributed by atoms with van der Waals surface area (Å²) < 4.78 is 6.44. The zero-order valence-corrected chi connectivity index (χ0v) is 9.53.